The minimum atomic E-state index is -0.228. The van der Waals surface area contributed by atoms with Gasteiger partial charge in [-0.15, -0.1) is 0 Å². The van der Waals surface area contributed by atoms with Crippen LogP contribution in [0, 0.1) is 0 Å². The van der Waals surface area contributed by atoms with Crippen LogP contribution in [-0.2, 0) is 32.0 Å². The van der Waals surface area contributed by atoms with E-state index in [1.165, 1.54) is 0 Å². The molecule has 0 saturated heterocycles. The largest absolute Gasteiger partial charge is 0.492 e. The van der Waals surface area contributed by atoms with Crippen molar-refractivity contribution in [2.45, 2.75) is 13.1 Å². The summed E-state index contributed by atoms with van der Waals surface area (Å²) in [7, 11) is 6.56. The zero-order valence-corrected chi connectivity index (χ0v) is 22.4. The monoisotopic (exact) mass is 532 g/mol. The summed E-state index contributed by atoms with van der Waals surface area (Å²) >= 11 is 0. The highest BCUT2D eigenvalue weighted by Gasteiger charge is 2.26. The minimum absolute atomic E-state index is 0.228. The third kappa shape index (κ3) is 6.35. The van der Waals surface area contributed by atoms with Crippen molar-refractivity contribution in [1.82, 2.24) is 34.7 Å². The Labute approximate surface area is 221 Å². The molecule has 4 heterocycles. The molecule has 4 rings (SSSR count). The molecule has 208 valence electrons. The Balaban J connectivity index is 1.82. The summed E-state index contributed by atoms with van der Waals surface area (Å²) in [6.07, 6.45) is 1.55. The van der Waals surface area contributed by atoms with E-state index in [0.29, 0.717) is 95.5 Å². The molecule has 0 atom stereocenters. The van der Waals surface area contributed by atoms with E-state index in [1.54, 1.807) is 34.8 Å². The van der Waals surface area contributed by atoms with Crippen molar-refractivity contribution in [2.24, 2.45) is 0 Å². The first kappa shape index (κ1) is 27.6. The molecule has 15 nitrogen and oxygen atoms in total. The summed E-state index contributed by atoms with van der Waals surface area (Å²) in [5, 5.41) is 15.4. The average molecular weight is 533 g/mol. The van der Waals surface area contributed by atoms with E-state index in [-0.39, 0.29) is 11.4 Å². The number of rotatable bonds is 15. The molecule has 0 radical (unpaired) electrons. The molecule has 3 aromatic rings. The number of fused-ring (bicyclic) bond motifs is 2. The molecule has 3 aromatic heterocycles. The SMILES string of the molecule is COCCN(CCOC)c1nc(N2CCn3ncnc3C2)c2nc(N(CCOC)CCOC)nc(O)c2n1. The predicted molar refractivity (Wildman–Crippen MR) is 140 cm³/mol. The maximum Gasteiger partial charge on any atom is 0.243 e. The van der Waals surface area contributed by atoms with Crippen LogP contribution in [0.2, 0.25) is 0 Å². The van der Waals surface area contributed by atoms with Crippen LogP contribution in [0.1, 0.15) is 5.82 Å². The molecule has 0 amide bonds. The highest BCUT2D eigenvalue weighted by atomic mass is 16.5. The second kappa shape index (κ2) is 13.4. The van der Waals surface area contributed by atoms with Gasteiger partial charge in [0.15, 0.2) is 11.3 Å². The normalized spacial score (nSPS) is 13.2. The maximum absolute atomic E-state index is 11.1. The molecule has 0 fully saturated rings. The molecule has 0 spiro atoms. The average Bonchev–Trinajstić information content (AvgIpc) is 3.41. The van der Waals surface area contributed by atoms with Gasteiger partial charge in [0.05, 0.1) is 39.5 Å². The molecular weight excluding hydrogens is 496 g/mol. The van der Waals surface area contributed by atoms with Gasteiger partial charge < -0.3 is 38.8 Å². The Hall–Kier alpha value is -3.40. The second-order valence-electron chi connectivity index (χ2n) is 8.66. The lowest BCUT2D eigenvalue weighted by atomic mass is 10.3. The molecule has 1 aliphatic heterocycles. The molecule has 0 unspecified atom stereocenters. The van der Waals surface area contributed by atoms with Crippen molar-refractivity contribution >= 4 is 28.7 Å². The van der Waals surface area contributed by atoms with Gasteiger partial charge in [-0.25, -0.2) is 19.6 Å². The lowest BCUT2D eigenvalue weighted by Crippen LogP contribution is -2.37. The topological polar surface area (TPSA) is 149 Å². The van der Waals surface area contributed by atoms with Gasteiger partial charge in [0, 0.05) is 61.2 Å². The highest BCUT2D eigenvalue weighted by Crippen LogP contribution is 2.32. The number of anilines is 3. The van der Waals surface area contributed by atoms with Crippen molar-refractivity contribution in [2.75, 3.05) is 102 Å². The Bertz CT molecular complexity index is 1160. The number of aromatic hydroxyl groups is 1. The molecule has 1 aliphatic rings. The van der Waals surface area contributed by atoms with Crippen LogP contribution >= 0.6 is 0 Å². The smallest absolute Gasteiger partial charge is 0.243 e. The van der Waals surface area contributed by atoms with E-state index in [9.17, 15) is 5.11 Å². The van der Waals surface area contributed by atoms with Crippen molar-refractivity contribution in [3.8, 4) is 5.88 Å². The number of hydrogen-bond donors (Lipinski definition) is 1. The number of methoxy groups -OCH3 is 4. The van der Waals surface area contributed by atoms with Crippen LogP contribution < -0.4 is 14.7 Å². The van der Waals surface area contributed by atoms with E-state index in [1.807, 2.05) is 14.5 Å². The summed E-state index contributed by atoms with van der Waals surface area (Å²) in [6.45, 7) is 5.76. The van der Waals surface area contributed by atoms with Gasteiger partial charge in [0.25, 0.3) is 0 Å². The molecule has 1 N–H and O–H groups in total. The molecule has 0 bridgehead atoms. The Morgan fingerprint density at radius 3 is 1.89 bits per heavy atom. The van der Waals surface area contributed by atoms with Gasteiger partial charge >= 0.3 is 0 Å². The van der Waals surface area contributed by atoms with E-state index in [0.717, 1.165) is 5.82 Å². The van der Waals surface area contributed by atoms with Crippen LogP contribution in [-0.4, -0.2) is 127 Å². The quantitative estimate of drug-likeness (QED) is 0.278. The van der Waals surface area contributed by atoms with Crippen molar-refractivity contribution in [3.63, 3.8) is 0 Å². The van der Waals surface area contributed by atoms with Crippen LogP contribution in [0.5, 0.6) is 5.88 Å². The third-order valence-corrected chi connectivity index (χ3v) is 6.22. The highest BCUT2D eigenvalue weighted by molar-refractivity contribution is 5.90. The Morgan fingerprint density at radius 2 is 1.32 bits per heavy atom. The summed E-state index contributed by atoms with van der Waals surface area (Å²) in [4.78, 5) is 29.2. The van der Waals surface area contributed by atoms with E-state index in [4.69, 9.17) is 33.9 Å². The summed E-state index contributed by atoms with van der Waals surface area (Å²) in [6, 6.07) is 0. The zero-order chi connectivity index (χ0) is 26.9. The first-order valence-electron chi connectivity index (χ1n) is 12.5. The number of hydrogen-bond acceptors (Lipinski definition) is 14. The van der Waals surface area contributed by atoms with Crippen LogP contribution in [0.4, 0.5) is 17.7 Å². The first-order chi connectivity index (χ1) is 18.6. The minimum Gasteiger partial charge on any atom is -0.492 e. The number of ether oxygens (including phenoxy) is 4. The Kier molecular flexibility index (Phi) is 9.75. The van der Waals surface area contributed by atoms with Gasteiger partial charge in [-0.05, 0) is 0 Å². The van der Waals surface area contributed by atoms with E-state index in [2.05, 4.69) is 20.0 Å². The van der Waals surface area contributed by atoms with Gasteiger partial charge in [-0.3, -0.25) is 0 Å². The first-order valence-corrected chi connectivity index (χ1v) is 12.5. The van der Waals surface area contributed by atoms with Gasteiger partial charge in [-0.1, -0.05) is 0 Å². The van der Waals surface area contributed by atoms with Crippen molar-refractivity contribution in [3.05, 3.63) is 12.2 Å². The van der Waals surface area contributed by atoms with Gasteiger partial charge in [0.2, 0.25) is 17.8 Å². The van der Waals surface area contributed by atoms with Gasteiger partial charge in [-0.2, -0.15) is 15.1 Å². The van der Waals surface area contributed by atoms with Crippen LogP contribution in [0.15, 0.2) is 6.33 Å². The zero-order valence-electron chi connectivity index (χ0n) is 22.4. The summed E-state index contributed by atoms with van der Waals surface area (Å²) in [5.41, 5.74) is 0.710. The number of nitrogens with zero attached hydrogens (tertiary/aromatic N) is 10. The fourth-order valence-corrected chi connectivity index (χ4v) is 4.14. The molecule has 0 saturated carbocycles. The van der Waals surface area contributed by atoms with Crippen molar-refractivity contribution < 1.29 is 24.1 Å². The molecular formula is C23H36N10O5. The van der Waals surface area contributed by atoms with Crippen molar-refractivity contribution in [1.29, 1.82) is 0 Å². The summed E-state index contributed by atoms with van der Waals surface area (Å²) in [5.74, 6) is 1.94. The predicted octanol–water partition coefficient (Wildman–Crippen LogP) is -0.0645. The lowest BCUT2D eigenvalue weighted by Gasteiger charge is -2.30. The fourth-order valence-electron chi connectivity index (χ4n) is 4.14. The number of aromatic nitrogens is 7. The molecule has 15 heteroatoms. The standard InChI is InChI=1S/C23H36N10O5/c1-35-11-7-30(8-12-36-2)22-27-19-18(20(28-22)32-5-6-33-17(15-32)24-16-25-33)26-23(29-21(19)34)31(9-13-37-3)10-14-38-4/h16H,5-15H2,1-4H3,(H,26,29,34). The lowest BCUT2D eigenvalue weighted by molar-refractivity contribution is 0.189. The Morgan fingerprint density at radius 1 is 0.763 bits per heavy atom. The van der Waals surface area contributed by atoms with E-state index >= 15 is 0 Å². The maximum atomic E-state index is 11.1. The van der Waals surface area contributed by atoms with Crippen LogP contribution in [0.25, 0.3) is 11.0 Å². The van der Waals surface area contributed by atoms with Crippen LogP contribution in [0.3, 0.4) is 0 Å². The van der Waals surface area contributed by atoms with Gasteiger partial charge in [0.1, 0.15) is 17.7 Å². The molecule has 0 aliphatic carbocycles. The second-order valence-corrected chi connectivity index (χ2v) is 8.66. The fraction of sp³-hybridized carbons (Fsp3) is 0.652. The third-order valence-electron chi connectivity index (χ3n) is 6.22. The summed E-state index contributed by atoms with van der Waals surface area (Å²) < 4.78 is 23.0. The van der Waals surface area contributed by atoms with E-state index < -0.39 is 0 Å². The molecule has 38 heavy (non-hydrogen) atoms. The molecule has 0 aromatic carbocycles.